The van der Waals surface area contributed by atoms with E-state index in [9.17, 15) is 0 Å². The summed E-state index contributed by atoms with van der Waals surface area (Å²) in [6, 6.07) is 9.08. The standard InChI is InChI=1S/C19H31NS/c1-14-9-15(2)11-18(10-14)21-17-8-6-7-16(12-17)13-20-19(3,4)5/h6-8,12,14-15,18,20H,9-11,13H2,1-5H3. The van der Waals surface area contributed by atoms with E-state index in [2.05, 4.69) is 76.0 Å². The first-order chi connectivity index (χ1) is 9.82. The van der Waals surface area contributed by atoms with Crippen LogP contribution in [0.25, 0.3) is 0 Å². The Morgan fingerprint density at radius 1 is 1.10 bits per heavy atom. The van der Waals surface area contributed by atoms with Gasteiger partial charge >= 0.3 is 0 Å². The molecule has 1 aromatic rings. The molecule has 21 heavy (non-hydrogen) atoms. The van der Waals surface area contributed by atoms with E-state index in [1.807, 2.05) is 0 Å². The third-order valence-corrected chi connectivity index (χ3v) is 5.40. The fourth-order valence-electron chi connectivity index (χ4n) is 3.26. The molecule has 0 saturated heterocycles. The van der Waals surface area contributed by atoms with Gasteiger partial charge in [0.1, 0.15) is 0 Å². The van der Waals surface area contributed by atoms with Crippen LogP contribution in [-0.4, -0.2) is 10.8 Å². The van der Waals surface area contributed by atoms with Crippen LogP contribution in [0.5, 0.6) is 0 Å². The number of rotatable bonds is 4. The molecular formula is C19H31NS. The Labute approximate surface area is 135 Å². The Balaban J connectivity index is 1.94. The normalized spacial score (nSPS) is 26.8. The van der Waals surface area contributed by atoms with Crippen LogP contribution >= 0.6 is 11.8 Å². The highest BCUT2D eigenvalue weighted by atomic mass is 32.2. The van der Waals surface area contributed by atoms with Gasteiger partial charge in [0, 0.05) is 22.2 Å². The van der Waals surface area contributed by atoms with Crippen molar-refractivity contribution in [3.63, 3.8) is 0 Å². The van der Waals surface area contributed by atoms with Crippen molar-refractivity contribution < 1.29 is 0 Å². The highest BCUT2D eigenvalue weighted by molar-refractivity contribution is 8.00. The minimum atomic E-state index is 0.178. The van der Waals surface area contributed by atoms with E-state index in [-0.39, 0.29) is 5.54 Å². The molecule has 1 nitrogen and oxygen atoms in total. The molecule has 0 aromatic heterocycles. The topological polar surface area (TPSA) is 12.0 Å². The minimum Gasteiger partial charge on any atom is -0.308 e. The third kappa shape index (κ3) is 6.04. The Morgan fingerprint density at radius 3 is 2.38 bits per heavy atom. The average Bonchev–Trinajstić information content (AvgIpc) is 2.35. The van der Waals surface area contributed by atoms with Gasteiger partial charge in [-0.3, -0.25) is 0 Å². The summed E-state index contributed by atoms with van der Waals surface area (Å²) in [5, 5.41) is 4.37. The summed E-state index contributed by atoms with van der Waals surface area (Å²) in [7, 11) is 0. The van der Waals surface area contributed by atoms with Crippen molar-refractivity contribution >= 4 is 11.8 Å². The maximum atomic E-state index is 3.57. The third-order valence-electron chi connectivity index (χ3n) is 4.16. The van der Waals surface area contributed by atoms with Gasteiger partial charge in [-0.1, -0.05) is 26.0 Å². The summed E-state index contributed by atoms with van der Waals surface area (Å²) in [6.45, 7) is 12.4. The van der Waals surface area contributed by atoms with Crippen LogP contribution in [-0.2, 0) is 6.54 Å². The minimum absolute atomic E-state index is 0.178. The summed E-state index contributed by atoms with van der Waals surface area (Å²) in [6.07, 6.45) is 4.16. The molecule has 2 atom stereocenters. The molecule has 1 aliphatic carbocycles. The van der Waals surface area contributed by atoms with Crippen molar-refractivity contribution in [2.45, 2.75) is 76.1 Å². The first-order valence-electron chi connectivity index (χ1n) is 8.32. The lowest BCUT2D eigenvalue weighted by Gasteiger charge is -2.31. The van der Waals surface area contributed by atoms with Crippen LogP contribution in [0.1, 0.15) is 59.4 Å². The lowest BCUT2D eigenvalue weighted by molar-refractivity contribution is 0.309. The average molecular weight is 306 g/mol. The summed E-state index contributed by atoms with van der Waals surface area (Å²) in [4.78, 5) is 1.44. The first kappa shape index (κ1) is 16.9. The van der Waals surface area contributed by atoms with Gasteiger partial charge in [-0.25, -0.2) is 0 Å². The van der Waals surface area contributed by atoms with Gasteiger partial charge in [-0.15, -0.1) is 11.8 Å². The lowest BCUT2D eigenvalue weighted by Crippen LogP contribution is -2.35. The van der Waals surface area contributed by atoms with Crippen LogP contribution in [0, 0.1) is 11.8 Å². The fourth-order valence-corrected chi connectivity index (χ4v) is 4.87. The molecule has 2 heteroatoms. The summed E-state index contributed by atoms with van der Waals surface area (Å²) >= 11 is 2.09. The molecule has 1 fully saturated rings. The van der Waals surface area contributed by atoms with Crippen molar-refractivity contribution in [3.8, 4) is 0 Å². The van der Waals surface area contributed by atoms with Gasteiger partial charge in [0.15, 0.2) is 0 Å². The van der Waals surface area contributed by atoms with E-state index in [1.165, 1.54) is 29.7 Å². The molecule has 0 radical (unpaired) electrons. The van der Waals surface area contributed by atoms with Crippen LogP contribution in [0.2, 0.25) is 0 Å². The molecule has 1 aliphatic rings. The summed E-state index contributed by atoms with van der Waals surface area (Å²) in [5.41, 5.74) is 1.57. The molecule has 2 unspecified atom stereocenters. The van der Waals surface area contributed by atoms with Gasteiger partial charge in [0.05, 0.1) is 0 Å². The molecular weight excluding hydrogens is 274 g/mol. The number of nitrogens with one attached hydrogen (secondary N) is 1. The number of benzene rings is 1. The highest BCUT2D eigenvalue weighted by Gasteiger charge is 2.24. The Kier molecular flexibility index (Phi) is 5.79. The van der Waals surface area contributed by atoms with E-state index >= 15 is 0 Å². The Hall–Kier alpha value is -0.470. The largest absolute Gasteiger partial charge is 0.308 e. The van der Waals surface area contributed by atoms with Crippen LogP contribution in [0.15, 0.2) is 29.2 Å². The van der Waals surface area contributed by atoms with Crippen LogP contribution < -0.4 is 5.32 Å². The predicted octanol–water partition coefficient (Wildman–Crippen LogP) is 5.49. The second-order valence-electron chi connectivity index (χ2n) is 7.91. The second-order valence-corrected chi connectivity index (χ2v) is 9.28. The van der Waals surface area contributed by atoms with Crippen molar-refractivity contribution in [2.75, 3.05) is 0 Å². The first-order valence-corrected chi connectivity index (χ1v) is 9.20. The van der Waals surface area contributed by atoms with Gasteiger partial charge in [0.2, 0.25) is 0 Å². The molecule has 0 bridgehead atoms. The molecule has 118 valence electrons. The zero-order valence-electron chi connectivity index (χ0n) is 14.3. The molecule has 0 aliphatic heterocycles. The highest BCUT2D eigenvalue weighted by Crippen LogP contribution is 2.38. The lowest BCUT2D eigenvalue weighted by atomic mass is 9.83. The van der Waals surface area contributed by atoms with Gasteiger partial charge in [-0.05, 0) is 69.6 Å². The zero-order valence-corrected chi connectivity index (χ0v) is 15.1. The Morgan fingerprint density at radius 2 is 1.76 bits per heavy atom. The zero-order chi connectivity index (χ0) is 15.5. The number of thioether (sulfide) groups is 1. The van der Waals surface area contributed by atoms with Crippen molar-refractivity contribution in [1.82, 2.24) is 5.32 Å². The van der Waals surface area contributed by atoms with Gasteiger partial charge in [-0.2, -0.15) is 0 Å². The fraction of sp³-hybridized carbons (Fsp3) is 0.684. The number of hydrogen-bond acceptors (Lipinski definition) is 2. The molecule has 0 spiro atoms. The monoisotopic (exact) mass is 305 g/mol. The molecule has 1 aromatic carbocycles. The molecule has 2 rings (SSSR count). The quantitative estimate of drug-likeness (QED) is 0.789. The predicted molar refractivity (Wildman–Crippen MR) is 94.9 cm³/mol. The van der Waals surface area contributed by atoms with Crippen LogP contribution in [0.4, 0.5) is 0 Å². The smallest absolute Gasteiger partial charge is 0.0210 e. The maximum absolute atomic E-state index is 3.57. The van der Waals surface area contributed by atoms with E-state index in [1.54, 1.807) is 0 Å². The van der Waals surface area contributed by atoms with E-state index in [4.69, 9.17) is 0 Å². The molecule has 1 N–H and O–H groups in total. The SMILES string of the molecule is CC1CC(C)CC(Sc2cccc(CNC(C)(C)C)c2)C1. The second kappa shape index (κ2) is 7.19. The summed E-state index contributed by atoms with van der Waals surface area (Å²) in [5.74, 6) is 1.77. The van der Waals surface area contributed by atoms with Crippen molar-refractivity contribution in [1.29, 1.82) is 0 Å². The maximum Gasteiger partial charge on any atom is 0.0210 e. The molecule has 1 saturated carbocycles. The van der Waals surface area contributed by atoms with Crippen molar-refractivity contribution in [2.24, 2.45) is 11.8 Å². The van der Waals surface area contributed by atoms with Gasteiger partial charge < -0.3 is 5.32 Å². The number of hydrogen-bond donors (Lipinski definition) is 1. The van der Waals surface area contributed by atoms with E-state index < -0.39 is 0 Å². The Bertz CT molecular complexity index is 439. The summed E-state index contributed by atoms with van der Waals surface area (Å²) < 4.78 is 0. The van der Waals surface area contributed by atoms with E-state index in [0.29, 0.717) is 0 Å². The van der Waals surface area contributed by atoms with Crippen LogP contribution in [0.3, 0.4) is 0 Å². The van der Waals surface area contributed by atoms with E-state index in [0.717, 1.165) is 23.6 Å². The molecule has 0 heterocycles. The van der Waals surface area contributed by atoms with Gasteiger partial charge in [0.25, 0.3) is 0 Å². The van der Waals surface area contributed by atoms with Crippen molar-refractivity contribution in [3.05, 3.63) is 29.8 Å². The molecule has 0 amide bonds.